The van der Waals surface area contributed by atoms with Crippen molar-refractivity contribution in [1.82, 2.24) is 0 Å². The van der Waals surface area contributed by atoms with E-state index in [1.807, 2.05) is 6.07 Å². The zero-order valence-electron chi connectivity index (χ0n) is 12.0. The number of amides is 2. The number of primary amides is 1. The summed E-state index contributed by atoms with van der Waals surface area (Å²) >= 11 is 1.24. The molecule has 0 unspecified atom stereocenters. The molecule has 0 radical (unpaired) electrons. The number of thioether (sulfide) groups is 1. The van der Waals surface area contributed by atoms with Gasteiger partial charge in [-0.15, -0.1) is 11.8 Å². The van der Waals surface area contributed by atoms with Crippen LogP contribution in [0.4, 0.5) is 5.69 Å². The molecule has 114 valence electrons. The summed E-state index contributed by atoms with van der Waals surface area (Å²) in [7, 11) is 1.57. The van der Waals surface area contributed by atoms with E-state index in [2.05, 4.69) is 5.32 Å². The van der Waals surface area contributed by atoms with Crippen molar-refractivity contribution in [2.24, 2.45) is 5.73 Å². The molecule has 2 rings (SSSR count). The minimum atomic E-state index is -0.423. The topological polar surface area (TPSA) is 81.4 Å². The van der Waals surface area contributed by atoms with Crippen LogP contribution in [0.3, 0.4) is 0 Å². The predicted octanol–water partition coefficient (Wildman–Crippen LogP) is 2.52. The van der Waals surface area contributed by atoms with Gasteiger partial charge < -0.3 is 15.8 Å². The van der Waals surface area contributed by atoms with Crippen LogP contribution >= 0.6 is 11.8 Å². The van der Waals surface area contributed by atoms with Crippen molar-refractivity contribution in [1.29, 1.82) is 0 Å². The summed E-state index contributed by atoms with van der Waals surface area (Å²) in [4.78, 5) is 24.0. The Morgan fingerprint density at radius 2 is 1.95 bits per heavy atom. The molecule has 0 fully saturated rings. The highest BCUT2D eigenvalue weighted by molar-refractivity contribution is 8.00. The molecule has 0 aliphatic rings. The summed E-state index contributed by atoms with van der Waals surface area (Å²) in [6.45, 7) is 0. The van der Waals surface area contributed by atoms with Gasteiger partial charge in [-0.25, -0.2) is 0 Å². The third-order valence-electron chi connectivity index (χ3n) is 2.83. The first-order valence-corrected chi connectivity index (χ1v) is 7.54. The van der Waals surface area contributed by atoms with E-state index < -0.39 is 5.91 Å². The lowest BCUT2D eigenvalue weighted by molar-refractivity contribution is -0.115. The highest BCUT2D eigenvalue weighted by atomic mass is 32.2. The molecule has 0 saturated heterocycles. The lowest BCUT2D eigenvalue weighted by Gasteiger charge is -2.10. The lowest BCUT2D eigenvalue weighted by Crippen LogP contribution is -2.15. The molecule has 6 heteroatoms. The molecule has 2 amide bonds. The molecule has 0 saturated carbocycles. The van der Waals surface area contributed by atoms with Gasteiger partial charge in [0.05, 0.1) is 18.4 Å². The molecule has 0 spiro atoms. The summed E-state index contributed by atoms with van der Waals surface area (Å²) < 4.78 is 5.12. The molecule has 3 N–H and O–H groups in total. The SMILES string of the molecule is COc1cccc(NC(=O)c2ccccc2SCC(N)=O)c1. The fourth-order valence-corrected chi connectivity index (χ4v) is 2.62. The fourth-order valence-electron chi connectivity index (χ4n) is 1.83. The Hall–Kier alpha value is -2.47. The molecule has 0 bridgehead atoms. The van der Waals surface area contributed by atoms with E-state index in [4.69, 9.17) is 10.5 Å². The van der Waals surface area contributed by atoms with Crippen molar-refractivity contribution >= 4 is 29.3 Å². The smallest absolute Gasteiger partial charge is 0.256 e. The zero-order chi connectivity index (χ0) is 15.9. The second kappa shape index (κ2) is 7.51. The maximum Gasteiger partial charge on any atom is 0.256 e. The molecular formula is C16H16N2O3S. The van der Waals surface area contributed by atoms with Crippen molar-refractivity contribution in [3.63, 3.8) is 0 Å². The molecule has 0 atom stereocenters. The summed E-state index contributed by atoms with van der Waals surface area (Å²) in [5.74, 6) is 0.117. The van der Waals surface area contributed by atoms with Crippen LogP contribution in [0.5, 0.6) is 5.75 Å². The average molecular weight is 316 g/mol. The minimum absolute atomic E-state index is 0.128. The number of hydrogen-bond donors (Lipinski definition) is 2. The van der Waals surface area contributed by atoms with Gasteiger partial charge in [0.25, 0.3) is 5.91 Å². The van der Waals surface area contributed by atoms with E-state index in [1.165, 1.54) is 11.8 Å². The van der Waals surface area contributed by atoms with Crippen LogP contribution < -0.4 is 15.8 Å². The molecule has 22 heavy (non-hydrogen) atoms. The van der Waals surface area contributed by atoms with Crippen molar-refractivity contribution in [2.75, 3.05) is 18.2 Å². The van der Waals surface area contributed by atoms with Crippen molar-refractivity contribution in [3.8, 4) is 5.75 Å². The van der Waals surface area contributed by atoms with Crippen LogP contribution in [0.15, 0.2) is 53.4 Å². The Labute approximate surface area is 132 Å². The number of carbonyl (C=O) groups is 2. The first-order chi connectivity index (χ1) is 10.6. The van der Waals surface area contributed by atoms with E-state index in [-0.39, 0.29) is 11.7 Å². The second-order valence-electron chi connectivity index (χ2n) is 4.44. The highest BCUT2D eigenvalue weighted by Gasteiger charge is 2.12. The summed E-state index contributed by atoms with van der Waals surface area (Å²) in [5, 5.41) is 2.81. The number of benzene rings is 2. The maximum absolute atomic E-state index is 12.4. The number of carbonyl (C=O) groups excluding carboxylic acids is 2. The highest BCUT2D eigenvalue weighted by Crippen LogP contribution is 2.24. The van der Waals surface area contributed by atoms with Gasteiger partial charge in [-0.05, 0) is 24.3 Å². The summed E-state index contributed by atoms with van der Waals surface area (Å²) in [6.07, 6.45) is 0. The van der Waals surface area contributed by atoms with Gasteiger partial charge in [-0.2, -0.15) is 0 Å². The van der Waals surface area contributed by atoms with Crippen LogP contribution in [0.2, 0.25) is 0 Å². The van der Waals surface area contributed by atoms with Gasteiger partial charge >= 0.3 is 0 Å². The zero-order valence-corrected chi connectivity index (χ0v) is 12.9. The fraction of sp³-hybridized carbons (Fsp3) is 0.125. The quantitative estimate of drug-likeness (QED) is 0.802. The second-order valence-corrected chi connectivity index (χ2v) is 5.45. The third kappa shape index (κ3) is 4.26. The Kier molecular flexibility index (Phi) is 5.43. The molecular weight excluding hydrogens is 300 g/mol. The molecule has 2 aromatic rings. The molecule has 5 nitrogen and oxygen atoms in total. The van der Waals surface area contributed by atoms with Crippen LogP contribution in [0.25, 0.3) is 0 Å². The number of ether oxygens (including phenoxy) is 1. The molecule has 0 aromatic heterocycles. The minimum Gasteiger partial charge on any atom is -0.497 e. The maximum atomic E-state index is 12.4. The number of rotatable bonds is 6. The Balaban J connectivity index is 2.16. The van der Waals surface area contributed by atoms with E-state index >= 15 is 0 Å². The Morgan fingerprint density at radius 3 is 2.68 bits per heavy atom. The van der Waals surface area contributed by atoms with Gasteiger partial charge in [0.2, 0.25) is 5.91 Å². The first kappa shape index (κ1) is 15.9. The van der Waals surface area contributed by atoms with Crippen LogP contribution in [0, 0.1) is 0 Å². The summed E-state index contributed by atoms with van der Waals surface area (Å²) in [6, 6.07) is 14.2. The average Bonchev–Trinajstić information content (AvgIpc) is 2.53. The van der Waals surface area contributed by atoms with Gasteiger partial charge in [-0.1, -0.05) is 18.2 Å². The molecule has 0 aliphatic carbocycles. The largest absolute Gasteiger partial charge is 0.497 e. The lowest BCUT2D eigenvalue weighted by atomic mass is 10.2. The molecule has 0 aliphatic heterocycles. The van der Waals surface area contributed by atoms with E-state index in [0.717, 1.165) is 0 Å². The number of nitrogens with one attached hydrogen (secondary N) is 1. The monoisotopic (exact) mass is 316 g/mol. The standard InChI is InChI=1S/C16H16N2O3S/c1-21-12-6-4-5-11(9-12)18-16(20)13-7-2-3-8-14(13)22-10-15(17)19/h2-9H,10H2,1H3,(H2,17,19)(H,18,20). The number of nitrogens with two attached hydrogens (primary N) is 1. The van der Waals surface area contributed by atoms with E-state index in [0.29, 0.717) is 21.9 Å². The summed E-state index contributed by atoms with van der Waals surface area (Å²) in [5.41, 5.74) is 6.28. The normalized spacial score (nSPS) is 10.0. The van der Waals surface area contributed by atoms with Gasteiger partial charge in [-0.3, -0.25) is 9.59 Å². The van der Waals surface area contributed by atoms with Gasteiger partial charge in [0.1, 0.15) is 5.75 Å². The van der Waals surface area contributed by atoms with Crippen molar-refractivity contribution in [2.45, 2.75) is 4.90 Å². The van der Waals surface area contributed by atoms with Crippen LogP contribution in [0.1, 0.15) is 10.4 Å². The molecule has 0 heterocycles. The van der Waals surface area contributed by atoms with E-state index in [9.17, 15) is 9.59 Å². The Morgan fingerprint density at radius 1 is 1.18 bits per heavy atom. The third-order valence-corrected chi connectivity index (χ3v) is 3.93. The Bertz CT molecular complexity index is 689. The van der Waals surface area contributed by atoms with E-state index in [1.54, 1.807) is 49.6 Å². The van der Waals surface area contributed by atoms with Crippen molar-refractivity contribution in [3.05, 3.63) is 54.1 Å². The number of methoxy groups -OCH3 is 1. The van der Waals surface area contributed by atoms with Crippen LogP contribution in [-0.4, -0.2) is 24.7 Å². The first-order valence-electron chi connectivity index (χ1n) is 6.55. The number of anilines is 1. The van der Waals surface area contributed by atoms with Crippen molar-refractivity contribution < 1.29 is 14.3 Å². The van der Waals surface area contributed by atoms with Gasteiger partial charge in [0.15, 0.2) is 0 Å². The predicted molar refractivity (Wildman–Crippen MR) is 87.3 cm³/mol. The van der Waals surface area contributed by atoms with Gasteiger partial charge in [0, 0.05) is 16.6 Å². The number of hydrogen-bond acceptors (Lipinski definition) is 4. The van der Waals surface area contributed by atoms with Crippen LogP contribution in [-0.2, 0) is 4.79 Å². The molecule has 2 aromatic carbocycles.